The molecule has 0 spiro atoms. The average molecular weight is 213 g/mol. The van der Waals surface area contributed by atoms with Crippen molar-refractivity contribution in [3.8, 4) is 0 Å². The summed E-state index contributed by atoms with van der Waals surface area (Å²) in [7, 11) is 1.65. The van der Waals surface area contributed by atoms with Gasteiger partial charge in [-0.2, -0.15) is 0 Å². The first kappa shape index (κ1) is 13.5. The minimum absolute atomic E-state index is 0.0673. The molecule has 0 amide bonds. The molecule has 0 fully saturated rings. The zero-order valence-corrected chi connectivity index (χ0v) is 8.51. The Hall–Kier alpha value is -1.50. The van der Waals surface area contributed by atoms with Crippen molar-refractivity contribution in [2.75, 3.05) is 13.7 Å². The van der Waals surface area contributed by atoms with Crippen LogP contribution in [0.1, 0.15) is 5.56 Å². The number of benzene rings is 1. The lowest BCUT2D eigenvalue weighted by Gasteiger charge is -1.95. The van der Waals surface area contributed by atoms with Crippen LogP contribution in [-0.2, 0) is 6.42 Å². The van der Waals surface area contributed by atoms with Gasteiger partial charge in [-0.3, -0.25) is 21.4 Å². The molecule has 0 radical (unpaired) electrons. The molecule has 1 aromatic carbocycles. The van der Waals surface area contributed by atoms with Crippen LogP contribution in [-0.4, -0.2) is 23.7 Å². The second-order valence-corrected chi connectivity index (χ2v) is 2.69. The van der Waals surface area contributed by atoms with Crippen molar-refractivity contribution in [1.82, 2.24) is 5.43 Å². The molecular weight excluding hydrogens is 198 g/mol. The van der Waals surface area contributed by atoms with E-state index in [0.29, 0.717) is 6.42 Å². The van der Waals surface area contributed by atoms with Crippen molar-refractivity contribution >= 4 is 5.69 Å². The summed E-state index contributed by atoms with van der Waals surface area (Å²) < 4.78 is 0. The molecule has 4 N–H and O–H groups in total. The van der Waals surface area contributed by atoms with E-state index in [2.05, 4.69) is 11.3 Å². The van der Waals surface area contributed by atoms with Gasteiger partial charge in [-0.1, -0.05) is 12.1 Å². The number of aliphatic hydroxyl groups excluding tert-OH is 1. The van der Waals surface area contributed by atoms with Crippen molar-refractivity contribution in [1.29, 1.82) is 0 Å². The summed E-state index contributed by atoms with van der Waals surface area (Å²) in [5.74, 6) is 4.60. The summed E-state index contributed by atoms with van der Waals surface area (Å²) in [5.41, 5.74) is 3.24. The highest BCUT2D eigenvalue weighted by Gasteiger charge is 2.02. The number of hydrazine groups is 1. The van der Waals surface area contributed by atoms with E-state index in [-0.39, 0.29) is 12.3 Å². The van der Waals surface area contributed by atoms with Crippen LogP contribution in [0.15, 0.2) is 24.3 Å². The van der Waals surface area contributed by atoms with Gasteiger partial charge in [0.2, 0.25) is 0 Å². The molecule has 0 aromatic heterocycles. The first-order valence-electron chi connectivity index (χ1n) is 4.37. The lowest BCUT2D eigenvalue weighted by atomic mass is 10.1. The Morgan fingerprint density at radius 2 is 1.93 bits per heavy atom. The maximum absolute atomic E-state index is 10.2. The van der Waals surface area contributed by atoms with Crippen molar-refractivity contribution in [2.45, 2.75) is 6.42 Å². The number of nitrogens with zero attached hydrogens (tertiary/aromatic N) is 1. The standard InChI is InChI=1S/C8H9NO3.CH6N2/c10-6-5-7-1-3-8(4-2-7)9(11)12;1-3-2/h1-4,10H,5-6H2;3H,2H2,1H3. The van der Waals surface area contributed by atoms with Gasteiger partial charge in [-0.05, 0) is 19.0 Å². The minimum Gasteiger partial charge on any atom is -0.396 e. The van der Waals surface area contributed by atoms with Crippen LogP contribution in [0.2, 0.25) is 0 Å². The fourth-order valence-corrected chi connectivity index (χ4v) is 0.913. The summed E-state index contributed by atoms with van der Waals surface area (Å²) in [4.78, 5) is 9.78. The SMILES string of the molecule is CNN.O=[N+]([O-])c1ccc(CCO)cc1. The molecule has 6 nitrogen and oxygen atoms in total. The van der Waals surface area contributed by atoms with Crippen molar-refractivity contribution in [3.05, 3.63) is 39.9 Å². The van der Waals surface area contributed by atoms with Crippen molar-refractivity contribution in [2.24, 2.45) is 5.84 Å². The first-order valence-corrected chi connectivity index (χ1v) is 4.37. The van der Waals surface area contributed by atoms with E-state index in [9.17, 15) is 10.1 Å². The fraction of sp³-hybridized carbons (Fsp3) is 0.333. The van der Waals surface area contributed by atoms with Gasteiger partial charge >= 0.3 is 0 Å². The molecule has 0 heterocycles. The highest BCUT2D eigenvalue weighted by molar-refractivity contribution is 5.32. The van der Waals surface area contributed by atoms with Crippen LogP contribution >= 0.6 is 0 Å². The summed E-state index contributed by atoms with van der Waals surface area (Å²) >= 11 is 0. The van der Waals surface area contributed by atoms with Crippen molar-refractivity contribution in [3.63, 3.8) is 0 Å². The van der Waals surface area contributed by atoms with Gasteiger partial charge in [-0.25, -0.2) is 0 Å². The van der Waals surface area contributed by atoms with Crippen LogP contribution in [0.4, 0.5) is 5.69 Å². The molecule has 1 aromatic rings. The first-order chi connectivity index (χ1) is 7.15. The predicted octanol–water partition coefficient (Wildman–Crippen LogP) is 0.209. The van der Waals surface area contributed by atoms with Gasteiger partial charge < -0.3 is 5.11 Å². The Labute approximate surface area is 87.8 Å². The van der Waals surface area contributed by atoms with Crippen LogP contribution in [0.3, 0.4) is 0 Å². The predicted molar refractivity (Wildman–Crippen MR) is 57.1 cm³/mol. The maximum atomic E-state index is 10.2. The van der Waals surface area contributed by atoms with Crippen LogP contribution < -0.4 is 11.3 Å². The number of nitrogens with two attached hydrogens (primary N) is 1. The molecule has 0 unspecified atom stereocenters. The number of aliphatic hydroxyl groups is 1. The molecule has 0 saturated heterocycles. The number of hydrogen-bond donors (Lipinski definition) is 3. The van der Waals surface area contributed by atoms with Gasteiger partial charge in [0.1, 0.15) is 0 Å². The molecule has 0 saturated carbocycles. The topological polar surface area (TPSA) is 101 Å². The molecular formula is C9H15N3O3. The molecule has 0 aliphatic carbocycles. The quantitative estimate of drug-likeness (QED) is 0.378. The fourth-order valence-electron chi connectivity index (χ4n) is 0.913. The molecule has 0 atom stereocenters. The van der Waals surface area contributed by atoms with Gasteiger partial charge in [0.15, 0.2) is 0 Å². The Bertz CT molecular complexity index is 287. The largest absolute Gasteiger partial charge is 0.396 e. The number of nitro groups is 1. The van der Waals surface area contributed by atoms with E-state index >= 15 is 0 Å². The third-order valence-electron chi connectivity index (χ3n) is 1.55. The van der Waals surface area contributed by atoms with E-state index in [4.69, 9.17) is 5.11 Å². The molecule has 15 heavy (non-hydrogen) atoms. The Morgan fingerprint density at radius 1 is 1.47 bits per heavy atom. The summed E-state index contributed by atoms with van der Waals surface area (Å²) in [6.45, 7) is 0.0673. The Morgan fingerprint density at radius 3 is 2.27 bits per heavy atom. The maximum Gasteiger partial charge on any atom is 0.269 e. The van der Waals surface area contributed by atoms with Crippen LogP contribution in [0, 0.1) is 10.1 Å². The van der Waals surface area contributed by atoms with Crippen LogP contribution in [0.25, 0.3) is 0 Å². The van der Waals surface area contributed by atoms with E-state index in [1.54, 1.807) is 19.2 Å². The van der Waals surface area contributed by atoms with Gasteiger partial charge in [0.05, 0.1) is 4.92 Å². The number of hydrogen-bond acceptors (Lipinski definition) is 5. The minimum atomic E-state index is -0.442. The van der Waals surface area contributed by atoms with E-state index < -0.39 is 4.92 Å². The van der Waals surface area contributed by atoms with Crippen LogP contribution in [0.5, 0.6) is 0 Å². The number of rotatable bonds is 3. The van der Waals surface area contributed by atoms with Gasteiger partial charge in [-0.15, -0.1) is 0 Å². The highest BCUT2D eigenvalue weighted by atomic mass is 16.6. The molecule has 0 aliphatic rings. The van der Waals surface area contributed by atoms with E-state index in [1.165, 1.54) is 12.1 Å². The number of non-ortho nitro benzene ring substituents is 1. The molecule has 0 bridgehead atoms. The number of nitrogens with one attached hydrogen (secondary N) is 1. The van der Waals surface area contributed by atoms with Crippen molar-refractivity contribution < 1.29 is 10.0 Å². The Kier molecular flexibility index (Phi) is 7.08. The highest BCUT2D eigenvalue weighted by Crippen LogP contribution is 2.11. The second kappa shape index (κ2) is 7.86. The molecule has 0 aliphatic heterocycles. The van der Waals surface area contributed by atoms with Gasteiger partial charge in [0.25, 0.3) is 5.69 Å². The third-order valence-corrected chi connectivity index (χ3v) is 1.55. The number of nitro benzene ring substituents is 1. The van der Waals surface area contributed by atoms with E-state index in [1.807, 2.05) is 0 Å². The zero-order chi connectivity index (χ0) is 11.7. The monoisotopic (exact) mass is 213 g/mol. The summed E-state index contributed by atoms with van der Waals surface area (Å²) in [6.07, 6.45) is 0.540. The normalized spacial score (nSPS) is 9.00. The summed E-state index contributed by atoms with van der Waals surface area (Å²) in [6, 6.07) is 6.17. The Balaban J connectivity index is 0.000000583. The average Bonchev–Trinajstić information content (AvgIpc) is 2.20. The zero-order valence-electron chi connectivity index (χ0n) is 8.51. The molecule has 1 rings (SSSR count). The van der Waals surface area contributed by atoms with Gasteiger partial charge in [0, 0.05) is 18.7 Å². The molecule has 84 valence electrons. The lowest BCUT2D eigenvalue weighted by molar-refractivity contribution is -0.384. The smallest absolute Gasteiger partial charge is 0.269 e. The summed E-state index contributed by atoms with van der Waals surface area (Å²) in [5, 5.41) is 18.8. The third kappa shape index (κ3) is 5.74. The van der Waals surface area contributed by atoms with E-state index in [0.717, 1.165) is 5.56 Å². The lowest BCUT2D eigenvalue weighted by Crippen LogP contribution is -2.13. The molecule has 6 heteroatoms. The second-order valence-electron chi connectivity index (χ2n) is 2.69.